The van der Waals surface area contributed by atoms with Gasteiger partial charge in [0, 0.05) is 24.4 Å². The van der Waals surface area contributed by atoms with Gasteiger partial charge in [-0.2, -0.15) is 0 Å². The summed E-state index contributed by atoms with van der Waals surface area (Å²) in [5, 5.41) is 3.70. The predicted molar refractivity (Wildman–Crippen MR) is 122 cm³/mol. The van der Waals surface area contributed by atoms with E-state index in [4.69, 9.17) is 25.8 Å². The summed E-state index contributed by atoms with van der Waals surface area (Å²) in [5.74, 6) is 1.27. The highest BCUT2D eigenvalue weighted by molar-refractivity contribution is 9.10. The highest BCUT2D eigenvalue weighted by Gasteiger charge is 2.14. The Morgan fingerprint density at radius 2 is 2.00 bits per heavy atom. The molecule has 164 valence electrons. The zero-order valence-electron chi connectivity index (χ0n) is 17.0. The van der Waals surface area contributed by atoms with Crippen LogP contribution in [0.3, 0.4) is 0 Å². The van der Waals surface area contributed by atoms with Gasteiger partial charge in [0.2, 0.25) is 5.88 Å². The van der Waals surface area contributed by atoms with Gasteiger partial charge < -0.3 is 19.5 Å². The van der Waals surface area contributed by atoms with Crippen LogP contribution in [0, 0.1) is 5.82 Å². The molecule has 0 atom stereocenters. The van der Waals surface area contributed by atoms with Crippen molar-refractivity contribution >= 4 is 27.5 Å². The number of rotatable bonds is 11. The Kier molecular flexibility index (Phi) is 8.94. The molecule has 2 aromatic carbocycles. The molecule has 31 heavy (non-hydrogen) atoms. The average molecular weight is 510 g/mol. The van der Waals surface area contributed by atoms with Crippen molar-refractivity contribution in [2.24, 2.45) is 0 Å². The summed E-state index contributed by atoms with van der Waals surface area (Å²) in [6.45, 7) is 2.02. The van der Waals surface area contributed by atoms with Gasteiger partial charge in [-0.15, -0.1) is 0 Å². The maximum Gasteiger partial charge on any atom is 0.213 e. The molecule has 1 heterocycles. The van der Waals surface area contributed by atoms with Crippen molar-refractivity contribution in [3.05, 3.63) is 81.2 Å². The number of hydrogen-bond donors (Lipinski definition) is 1. The summed E-state index contributed by atoms with van der Waals surface area (Å²) in [4.78, 5) is 4.12. The molecule has 0 aliphatic heterocycles. The van der Waals surface area contributed by atoms with E-state index in [0.717, 1.165) is 23.0 Å². The molecule has 5 nitrogen and oxygen atoms in total. The Balaban J connectivity index is 1.51. The maximum atomic E-state index is 14.0. The van der Waals surface area contributed by atoms with Crippen molar-refractivity contribution in [1.82, 2.24) is 10.3 Å². The van der Waals surface area contributed by atoms with Crippen LogP contribution in [0.25, 0.3) is 0 Å². The summed E-state index contributed by atoms with van der Waals surface area (Å²) in [5.41, 5.74) is 1.32. The average Bonchev–Trinajstić information content (AvgIpc) is 2.77. The van der Waals surface area contributed by atoms with Gasteiger partial charge in [0.05, 0.1) is 23.2 Å². The number of hydrogen-bond acceptors (Lipinski definition) is 5. The zero-order valence-corrected chi connectivity index (χ0v) is 19.4. The third-order valence-corrected chi connectivity index (χ3v) is 5.37. The lowest BCUT2D eigenvalue weighted by Crippen LogP contribution is -2.17. The van der Waals surface area contributed by atoms with Gasteiger partial charge in [-0.3, -0.25) is 0 Å². The van der Waals surface area contributed by atoms with Crippen molar-refractivity contribution in [1.29, 1.82) is 0 Å². The summed E-state index contributed by atoms with van der Waals surface area (Å²) >= 11 is 9.60. The molecule has 0 aliphatic rings. The van der Waals surface area contributed by atoms with Crippen LogP contribution in [0.4, 0.5) is 4.39 Å². The first-order valence-corrected chi connectivity index (χ1v) is 10.9. The summed E-state index contributed by atoms with van der Waals surface area (Å²) in [6, 6.07) is 14.0. The van der Waals surface area contributed by atoms with E-state index in [9.17, 15) is 4.39 Å². The predicted octanol–water partition coefficient (Wildman–Crippen LogP) is 5.78. The second-order valence-corrected chi connectivity index (χ2v) is 7.91. The molecule has 0 amide bonds. The minimum atomic E-state index is -0.407. The van der Waals surface area contributed by atoms with E-state index in [0.29, 0.717) is 41.1 Å². The van der Waals surface area contributed by atoms with Gasteiger partial charge in [-0.05, 0) is 64.8 Å². The van der Waals surface area contributed by atoms with Crippen LogP contribution in [-0.2, 0) is 13.2 Å². The van der Waals surface area contributed by atoms with Gasteiger partial charge in [0.15, 0.2) is 11.5 Å². The summed E-state index contributed by atoms with van der Waals surface area (Å²) in [7, 11) is 1.57. The number of ether oxygens (including phenoxy) is 3. The molecular weight excluding hydrogens is 487 g/mol. The first-order valence-electron chi connectivity index (χ1n) is 9.75. The lowest BCUT2D eigenvalue weighted by atomic mass is 10.2. The number of benzene rings is 2. The van der Waals surface area contributed by atoms with E-state index in [1.807, 2.05) is 30.3 Å². The highest BCUT2D eigenvalue weighted by atomic mass is 79.9. The van der Waals surface area contributed by atoms with Crippen LogP contribution in [-0.4, -0.2) is 25.2 Å². The molecule has 0 saturated heterocycles. The monoisotopic (exact) mass is 508 g/mol. The molecule has 1 aromatic heterocycles. The fourth-order valence-electron chi connectivity index (χ4n) is 2.87. The molecule has 8 heteroatoms. The topological polar surface area (TPSA) is 52.6 Å². The molecule has 3 aromatic rings. The van der Waals surface area contributed by atoms with Crippen molar-refractivity contribution in [3.63, 3.8) is 0 Å². The van der Waals surface area contributed by atoms with Crippen molar-refractivity contribution in [3.8, 4) is 17.4 Å². The van der Waals surface area contributed by atoms with Gasteiger partial charge in [0.25, 0.3) is 0 Å². The first kappa shape index (κ1) is 23.3. The van der Waals surface area contributed by atoms with E-state index in [1.165, 1.54) is 6.07 Å². The molecule has 0 spiro atoms. The van der Waals surface area contributed by atoms with Crippen molar-refractivity contribution in [2.45, 2.75) is 19.6 Å². The van der Waals surface area contributed by atoms with E-state index in [1.54, 1.807) is 25.4 Å². The first-order chi connectivity index (χ1) is 15.1. The number of pyridine rings is 1. The van der Waals surface area contributed by atoms with Crippen LogP contribution in [0.5, 0.6) is 17.4 Å². The number of halogens is 3. The van der Waals surface area contributed by atoms with Crippen molar-refractivity contribution in [2.75, 3.05) is 20.3 Å². The van der Waals surface area contributed by atoms with Crippen LogP contribution < -0.4 is 19.5 Å². The van der Waals surface area contributed by atoms with Crippen LogP contribution in [0.1, 0.15) is 17.5 Å². The minimum absolute atomic E-state index is 0.00562. The quantitative estimate of drug-likeness (QED) is 0.332. The lowest BCUT2D eigenvalue weighted by Gasteiger charge is -2.15. The fourth-order valence-corrected chi connectivity index (χ4v) is 3.69. The molecule has 0 radical (unpaired) electrons. The highest BCUT2D eigenvalue weighted by Crippen LogP contribution is 2.37. The van der Waals surface area contributed by atoms with Crippen molar-refractivity contribution < 1.29 is 18.6 Å². The largest absolute Gasteiger partial charge is 0.493 e. The van der Waals surface area contributed by atoms with E-state index < -0.39 is 5.82 Å². The minimum Gasteiger partial charge on any atom is -0.493 e. The van der Waals surface area contributed by atoms with Crippen LogP contribution in [0.15, 0.2) is 59.2 Å². The zero-order chi connectivity index (χ0) is 22.1. The van der Waals surface area contributed by atoms with Gasteiger partial charge in [-0.25, -0.2) is 9.37 Å². The van der Waals surface area contributed by atoms with Crippen LogP contribution >= 0.6 is 27.5 Å². The Bertz CT molecular complexity index is 972. The third kappa shape index (κ3) is 6.82. The Morgan fingerprint density at radius 3 is 2.74 bits per heavy atom. The molecule has 0 saturated carbocycles. The molecular formula is C23H23BrClFN2O3. The number of methoxy groups -OCH3 is 1. The standard InChI is InChI=1S/C23H23BrClFN2O3/c1-29-21-13-16(14-27-9-5-11-30-22-8-2-3-10-28-22)12-18(24)23(21)31-15-17-19(25)6-4-7-20(17)26/h2-4,6-8,10,12-13,27H,5,9,11,14-15H2,1H3. The lowest BCUT2D eigenvalue weighted by molar-refractivity contribution is 0.277. The number of nitrogens with one attached hydrogen (secondary N) is 1. The van der Waals surface area contributed by atoms with Gasteiger partial charge in [0.1, 0.15) is 12.4 Å². The van der Waals surface area contributed by atoms with E-state index in [2.05, 4.69) is 26.2 Å². The van der Waals surface area contributed by atoms with E-state index in [-0.39, 0.29) is 6.61 Å². The molecule has 0 aliphatic carbocycles. The molecule has 0 bridgehead atoms. The summed E-state index contributed by atoms with van der Waals surface area (Å²) in [6.07, 6.45) is 2.55. The number of nitrogens with zero attached hydrogens (tertiary/aromatic N) is 1. The molecule has 0 fully saturated rings. The van der Waals surface area contributed by atoms with Crippen LogP contribution in [0.2, 0.25) is 5.02 Å². The Morgan fingerprint density at radius 1 is 1.13 bits per heavy atom. The SMILES string of the molecule is COc1cc(CNCCCOc2ccccn2)cc(Br)c1OCc1c(F)cccc1Cl. The number of aromatic nitrogens is 1. The molecule has 0 unspecified atom stereocenters. The maximum absolute atomic E-state index is 14.0. The smallest absolute Gasteiger partial charge is 0.213 e. The van der Waals surface area contributed by atoms with E-state index >= 15 is 0 Å². The normalized spacial score (nSPS) is 10.7. The fraction of sp³-hybridized carbons (Fsp3) is 0.261. The van der Waals surface area contributed by atoms with Gasteiger partial charge in [-0.1, -0.05) is 23.7 Å². The second kappa shape index (κ2) is 11.9. The molecule has 3 rings (SSSR count). The third-order valence-electron chi connectivity index (χ3n) is 4.43. The molecule has 1 N–H and O–H groups in total. The van der Waals surface area contributed by atoms with Gasteiger partial charge >= 0.3 is 0 Å². The second-order valence-electron chi connectivity index (χ2n) is 6.64. The Hall–Kier alpha value is -2.35. The summed E-state index contributed by atoms with van der Waals surface area (Å²) < 4.78 is 31.6. The Labute approximate surface area is 194 Å².